The highest BCUT2D eigenvalue weighted by Crippen LogP contribution is 2.28. The molecule has 0 atom stereocenters. The van der Waals surface area contributed by atoms with E-state index in [0.29, 0.717) is 11.3 Å². The summed E-state index contributed by atoms with van der Waals surface area (Å²) in [5.74, 6) is -0.897. The Kier molecular flexibility index (Phi) is 15.8. The molecule has 0 spiro atoms. The number of benzene rings is 3. The summed E-state index contributed by atoms with van der Waals surface area (Å²) in [6, 6.07) is 21.4. The van der Waals surface area contributed by atoms with Crippen LogP contribution in [0.3, 0.4) is 0 Å². The van der Waals surface area contributed by atoms with Crippen molar-refractivity contribution in [1.82, 2.24) is 5.32 Å². The first kappa shape index (κ1) is 34.4. The second kappa shape index (κ2) is 19.3. The van der Waals surface area contributed by atoms with Gasteiger partial charge in [0.2, 0.25) is 0 Å². The summed E-state index contributed by atoms with van der Waals surface area (Å²) in [5, 5.41) is 17.8. The van der Waals surface area contributed by atoms with E-state index in [4.69, 9.17) is 5.73 Å². The molecule has 0 fully saturated rings. The third kappa shape index (κ3) is 11.2. The first-order valence-corrected chi connectivity index (χ1v) is 15.2. The van der Waals surface area contributed by atoms with E-state index in [1.807, 2.05) is 49.4 Å². The molecule has 0 aliphatic rings. The van der Waals surface area contributed by atoms with Crippen LogP contribution in [0.15, 0.2) is 95.6 Å². The van der Waals surface area contributed by atoms with E-state index >= 15 is 0 Å². The van der Waals surface area contributed by atoms with Gasteiger partial charge in [-0.1, -0.05) is 88.1 Å². The third-order valence-corrected chi connectivity index (χ3v) is 6.83. The van der Waals surface area contributed by atoms with Gasteiger partial charge in [-0.05, 0) is 85.2 Å². The first-order chi connectivity index (χ1) is 20.4. The fraction of sp³-hybridized carbons (Fsp3) is 0.314. The molecule has 0 aliphatic carbocycles. The van der Waals surface area contributed by atoms with Crippen LogP contribution in [0.1, 0.15) is 86.4 Å². The van der Waals surface area contributed by atoms with Crippen LogP contribution >= 0.6 is 12.6 Å². The van der Waals surface area contributed by atoms with E-state index in [0.717, 1.165) is 48.9 Å². The Hall–Kier alpha value is -3.81. The summed E-state index contributed by atoms with van der Waals surface area (Å²) in [6.07, 6.45) is 9.68. The van der Waals surface area contributed by atoms with Gasteiger partial charge in [-0.15, -0.1) is 0 Å². The minimum absolute atomic E-state index is 0.192. The van der Waals surface area contributed by atoms with Crippen molar-refractivity contribution < 1.29 is 14.7 Å². The number of rotatable bonds is 13. The highest BCUT2D eigenvalue weighted by Gasteiger charge is 2.16. The molecule has 3 rings (SSSR count). The molecule has 2 amide bonds. The van der Waals surface area contributed by atoms with Crippen molar-refractivity contribution in [3.05, 3.63) is 107 Å². The standard InChI is InChI=1S/C30H32N2O3S.C5H13N/c1-3-4-6-11-21(2)26(18-19-36)31-29(34)23-16-17-27(28(33)20-23)32-30(35)25-15-10-9-14-24(25)22-12-7-5-8-13-22;1-2-3-4-5-6/h5,7-10,12-20,33,36H,3-4,6,11H2,1-2H3,(H,31,34)(H,32,35);2-6H2,1H3/b19-18-,26-21-;. The summed E-state index contributed by atoms with van der Waals surface area (Å²) in [7, 11) is 0. The van der Waals surface area contributed by atoms with E-state index in [1.54, 1.807) is 29.7 Å². The van der Waals surface area contributed by atoms with E-state index in [1.165, 1.54) is 31.4 Å². The molecule has 0 saturated heterocycles. The van der Waals surface area contributed by atoms with E-state index in [9.17, 15) is 14.7 Å². The Labute approximate surface area is 256 Å². The molecule has 7 heteroatoms. The van der Waals surface area contributed by atoms with Gasteiger partial charge in [-0.2, -0.15) is 12.6 Å². The minimum atomic E-state index is -0.353. The molecule has 0 aromatic heterocycles. The van der Waals surface area contributed by atoms with Gasteiger partial charge in [0.15, 0.2) is 0 Å². The highest BCUT2D eigenvalue weighted by molar-refractivity contribution is 7.83. The topological polar surface area (TPSA) is 104 Å². The molecular weight excluding hydrogens is 542 g/mol. The average molecular weight is 588 g/mol. The van der Waals surface area contributed by atoms with Gasteiger partial charge in [0.25, 0.3) is 11.8 Å². The van der Waals surface area contributed by atoms with Crippen LogP contribution in [-0.2, 0) is 0 Å². The molecule has 6 nitrogen and oxygen atoms in total. The summed E-state index contributed by atoms with van der Waals surface area (Å²) >= 11 is 4.15. The molecule has 0 saturated carbocycles. The van der Waals surface area contributed by atoms with Crippen LogP contribution in [0.2, 0.25) is 0 Å². The summed E-state index contributed by atoms with van der Waals surface area (Å²) < 4.78 is 0. The van der Waals surface area contributed by atoms with Crippen LogP contribution in [0.5, 0.6) is 5.75 Å². The van der Waals surface area contributed by atoms with Crippen LogP contribution < -0.4 is 16.4 Å². The van der Waals surface area contributed by atoms with Crippen LogP contribution in [-0.4, -0.2) is 23.5 Å². The van der Waals surface area contributed by atoms with Gasteiger partial charge >= 0.3 is 0 Å². The Morgan fingerprint density at radius 1 is 0.881 bits per heavy atom. The lowest BCUT2D eigenvalue weighted by atomic mass is 9.99. The summed E-state index contributed by atoms with van der Waals surface area (Å²) in [4.78, 5) is 25.9. The van der Waals surface area contributed by atoms with Gasteiger partial charge in [0, 0.05) is 16.8 Å². The predicted octanol–water partition coefficient (Wildman–Crippen LogP) is 8.47. The van der Waals surface area contributed by atoms with Crippen molar-refractivity contribution in [2.75, 3.05) is 11.9 Å². The minimum Gasteiger partial charge on any atom is -0.506 e. The highest BCUT2D eigenvalue weighted by atomic mass is 32.1. The monoisotopic (exact) mass is 587 g/mol. The second-order valence-electron chi connectivity index (χ2n) is 10.0. The Balaban J connectivity index is 0.000000928. The number of thiol groups is 1. The Morgan fingerprint density at radius 3 is 2.17 bits per heavy atom. The number of phenolic OH excluding ortho intramolecular Hbond substituents is 1. The number of phenols is 1. The van der Waals surface area contributed by atoms with E-state index in [-0.39, 0.29) is 28.8 Å². The molecule has 0 bridgehead atoms. The largest absolute Gasteiger partial charge is 0.506 e. The maximum Gasteiger partial charge on any atom is 0.256 e. The first-order valence-electron chi connectivity index (χ1n) is 14.7. The maximum atomic E-state index is 13.1. The number of unbranched alkanes of at least 4 members (excludes halogenated alkanes) is 4. The number of carbonyl (C=O) groups is 2. The molecule has 224 valence electrons. The Bertz CT molecular complexity index is 1330. The van der Waals surface area contributed by atoms with Crippen molar-refractivity contribution in [3.8, 4) is 16.9 Å². The van der Waals surface area contributed by atoms with E-state index in [2.05, 4.69) is 37.1 Å². The molecule has 0 heterocycles. The van der Waals surface area contributed by atoms with E-state index < -0.39 is 0 Å². The second-order valence-corrected chi connectivity index (χ2v) is 10.3. The number of nitrogens with one attached hydrogen (secondary N) is 2. The number of amides is 2. The summed E-state index contributed by atoms with van der Waals surface area (Å²) in [6.45, 7) is 7.17. The molecule has 3 aromatic carbocycles. The number of nitrogens with two attached hydrogens (primary N) is 1. The molecular formula is C35H45N3O3S. The fourth-order valence-electron chi connectivity index (χ4n) is 4.25. The molecule has 0 unspecified atom stereocenters. The number of anilines is 1. The van der Waals surface area contributed by atoms with Gasteiger partial charge in [0.05, 0.1) is 5.69 Å². The van der Waals surface area contributed by atoms with Gasteiger partial charge in [0.1, 0.15) is 5.75 Å². The van der Waals surface area contributed by atoms with Crippen LogP contribution in [0.25, 0.3) is 11.1 Å². The normalized spacial score (nSPS) is 11.4. The molecule has 3 aromatic rings. The number of hydrogen-bond donors (Lipinski definition) is 5. The fourth-order valence-corrected chi connectivity index (χ4v) is 4.40. The lowest BCUT2D eigenvalue weighted by Crippen LogP contribution is -2.23. The number of aromatic hydroxyl groups is 1. The van der Waals surface area contributed by atoms with Crippen LogP contribution in [0.4, 0.5) is 5.69 Å². The van der Waals surface area contributed by atoms with Gasteiger partial charge < -0.3 is 21.5 Å². The van der Waals surface area contributed by atoms with Crippen molar-refractivity contribution in [2.24, 2.45) is 5.73 Å². The molecule has 42 heavy (non-hydrogen) atoms. The zero-order chi connectivity index (χ0) is 30.7. The molecule has 0 aliphatic heterocycles. The SMILES string of the molecule is CCCCC/C(C)=C(/C=C\S)NC(=O)c1ccc(NC(=O)c2ccccc2-c2ccccc2)c(O)c1.CCCCCN. The lowest BCUT2D eigenvalue weighted by Gasteiger charge is -2.13. The zero-order valence-corrected chi connectivity index (χ0v) is 25.9. The van der Waals surface area contributed by atoms with Crippen molar-refractivity contribution >= 4 is 30.1 Å². The lowest BCUT2D eigenvalue weighted by molar-refractivity contribution is 0.0965. The van der Waals surface area contributed by atoms with Crippen molar-refractivity contribution in [3.63, 3.8) is 0 Å². The Morgan fingerprint density at radius 2 is 1.55 bits per heavy atom. The zero-order valence-electron chi connectivity index (χ0n) is 25.0. The predicted molar refractivity (Wildman–Crippen MR) is 179 cm³/mol. The maximum absolute atomic E-state index is 13.1. The molecule has 5 N–H and O–H groups in total. The quantitative estimate of drug-likeness (QED) is 0.0599. The average Bonchev–Trinajstić information content (AvgIpc) is 3.01. The summed E-state index contributed by atoms with van der Waals surface area (Å²) in [5.41, 5.74) is 9.67. The number of carbonyl (C=O) groups excluding carboxylic acids is 2. The molecule has 0 radical (unpaired) electrons. The van der Waals surface area contributed by atoms with Gasteiger partial charge in [-0.3, -0.25) is 9.59 Å². The third-order valence-electron chi connectivity index (χ3n) is 6.68. The number of hydrogen-bond acceptors (Lipinski definition) is 5. The van der Waals surface area contributed by atoms with Crippen molar-refractivity contribution in [1.29, 1.82) is 0 Å². The smallest absolute Gasteiger partial charge is 0.256 e. The van der Waals surface area contributed by atoms with Crippen LogP contribution in [0, 0.1) is 0 Å². The number of allylic oxidation sites excluding steroid dienone is 2. The van der Waals surface area contributed by atoms with Crippen molar-refractivity contribution in [2.45, 2.75) is 65.7 Å². The van der Waals surface area contributed by atoms with Gasteiger partial charge in [-0.25, -0.2) is 0 Å².